The van der Waals surface area contributed by atoms with Crippen molar-refractivity contribution in [3.8, 4) is 0 Å². The number of aryl methyl sites for hydroxylation is 2. The van der Waals surface area contributed by atoms with Crippen molar-refractivity contribution >= 4 is 15.9 Å². The molecule has 0 radical (unpaired) electrons. The van der Waals surface area contributed by atoms with Crippen molar-refractivity contribution in [1.29, 1.82) is 0 Å². The first-order chi connectivity index (χ1) is 11.3. The first-order valence-electron chi connectivity index (χ1n) is 7.56. The lowest BCUT2D eigenvalue weighted by Crippen LogP contribution is -2.44. The van der Waals surface area contributed by atoms with E-state index in [0.717, 1.165) is 16.7 Å². The first-order valence-corrected chi connectivity index (χ1v) is 9.04. The van der Waals surface area contributed by atoms with Gasteiger partial charge in [-0.3, -0.25) is 9.78 Å². The van der Waals surface area contributed by atoms with Crippen LogP contribution in [0.5, 0.6) is 0 Å². The molecule has 0 aliphatic carbocycles. The van der Waals surface area contributed by atoms with Gasteiger partial charge in [0.1, 0.15) is 0 Å². The van der Waals surface area contributed by atoms with E-state index < -0.39 is 22.0 Å². The van der Waals surface area contributed by atoms with Crippen molar-refractivity contribution in [2.75, 3.05) is 0 Å². The van der Waals surface area contributed by atoms with Gasteiger partial charge in [-0.1, -0.05) is 12.1 Å². The predicted octanol–water partition coefficient (Wildman–Crippen LogP) is 1.68. The van der Waals surface area contributed by atoms with E-state index in [9.17, 15) is 13.2 Å². The number of hydrogen-bond acceptors (Lipinski definition) is 4. The zero-order valence-corrected chi connectivity index (χ0v) is 14.7. The third-order valence-corrected chi connectivity index (χ3v) is 5.24. The minimum Gasteiger partial charge on any atom is -0.351 e. The molecule has 2 N–H and O–H groups in total. The molecule has 0 fully saturated rings. The number of nitrogens with zero attached hydrogens (tertiary/aromatic N) is 1. The van der Waals surface area contributed by atoms with Crippen LogP contribution in [-0.2, 0) is 21.4 Å². The van der Waals surface area contributed by atoms with Gasteiger partial charge in [0.2, 0.25) is 15.9 Å². The fourth-order valence-corrected chi connectivity index (χ4v) is 3.37. The quantitative estimate of drug-likeness (QED) is 0.832. The van der Waals surface area contributed by atoms with Gasteiger partial charge in [-0.05, 0) is 55.7 Å². The number of amides is 1. The number of rotatable bonds is 6. The zero-order chi connectivity index (χ0) is 17.7. The molecule has 2 rings (SSSR count). The lowest BCUT2D eigenvalue weighted by molar-refractivity contribution is -0.122. The van der Waals surface area contributed by atoms with E-state index in [2.05, 4.69) is 15.0 Å². The highest BCUT2D eigenvalue weighted by Crippen LogP contribution is 2.15. The highest BCUT2D eigenvalue weighted by atomic mass is 32.2. The number of aromatic nitrogens is 1. The summed E-state index contributed by atoms with van der Waals surface area (Å²) in [6, 6.07) is 7.60. The molecule has 1 atom stereocenters. The lowest BCUT2D eigenvalue weighted by Gasteiger charge is -2.15. The van der Waals surface area contributed by atoms with E-state index in [1.54, 1.807) is 30.6 Å². The average Bonchev–Trinajstić information content (AvgIpc) is 2.55. The number of pyridine rings is 1. The van der Waals surface area contributed by atoms with E-state index in [4.69, 9.17) is 0 Å². The third kappa shape index (κ3) is 4.62. The maximum Gasteiger partial charge on any atom is 0.241 e. The molecule has 1 aromatic carbocycles. The smallest absolute Gasteiger partial charge is 0.241 e. The summed E-state index contributed by atoms with van der Waals surface area (Å²) >= 11 is 0. The summed E-state index contributed by atoms with van der Waals surface area (Å²) in [6.07, 6.45) is 3.29. The van der Waals surface area contributed by atoms with Gasteiger partial charge >= 0.3 is 0 Å². The topological polar surface area (TPSA) is 88.2 Å². The van der Waals surface area contributed by atoms with E-state index in [1.165, 1.54) is 13.0 Å². The molecule has 1 amide bonds. The molecule has 0 bridgehead atoms. The molecule has 1 aromatic heterocycles. The van der Waals surface area contributed by atoms with E-state index in [-0.39, 0.29) is 4.90 Å². The van der Waals surface area contributed by atoms with E-state index >= 15 is 0 Å². The molecule has 0 saturated carbocycles. The van der Waals surface area contributed by atoms with Gasteiger partial charge < -0.3 is 5.32 Å². The molecule has 2 aromatic rings. The van der Waals surface area contributed by atoms with Crippen LogP contribution in [0.2, 0.25) is 0 Å². The Bertz CT molecular complexity index is 820. The van der Waals surface area contributed by atoms with E-state index in [1.807, 2.05) is 19.9 Å². The Morgan fingerprint density at radius 2 is 1.96 bits per heavy atom. The van der Waals surface area contributed by atoms with Gasteiger partial charge in [0.05, 0.1) is 10.9 Å². The summed E-state index contributed by atoms with van der Waals surface area (Å²) in [5, 5.41) is 2.69. The molecule has 0 aliphatic heterocycles. The van der Waals surface area contributed by atoms with Gasteiger partial charge in [0.25, 0.3) is 0 Å². The first kappa shape index (κ1) is 18.1. The van der Waals surface area contributed by atoms with Crippen molar-refractivity contribution in [2.45, 2.75) is 38.3 Å². The van der Waals surface area contributed by atoms with Crippen LogP contribution in [0.3, 0.4) is 0 Å². The summed E-state index contributed by atoms with van der Waals surface area (Å²) < 4.78 is 27.2. The maximum absolute atomic E-state index is 12.4. The van der Waals surface area contributed by atoms with Gasteiger partial charge in [-0.25, -0.2) is 8.42 Å². The average molecular weight is 347 g/mol. The Labute approximate surface area is 142 Å². The molecule has 7 heteroatoms. The minimum atomic E-state index is -3.75. The molecule has 6 nitrogen and oxygen atoms in total. The molecule has 0 unspecified atom stereocenters. The van der Waals surface area contributed by atoms with Crippen LogP contribution in [0.15, 0.2) is 47.6 Å². The van der Waals surface area contributed by atoms with Crippen molar-refractivity contribution in [1.82, 2.24) is 15.0 Å². The van der Waals surface area contributed by atoms with Crippen molar-refractivity contribution in [3.05, 3.63) is 59.4 Å². The molecule has 0 saturated heterocycles. The number of nitrogens with one attached hydrogen (secondary N) is 2. The highest BCUT2D eigenvalue weighted by Gasteiger charge is 2.22. The molecule has 1 heterocycles. The fourth-order valence-electron chi connectivity index (χ4n) is 2.08. The van der Waals surface area contributed by atoms with Crippen molar-refractivity contribution in [3.63, 3.8) is 0 Å². The summed E-state index contributed by atoms with van der Waals surface area (Å²) in [4.78, 5) is 16.2. The molecule has 24 heavy (non-hydrogen) atoms. The second-order valence-corrected chi connectivity index (χ2v) is 7.38. The normalized spacial score (nSPS) is 12.6. The monoisotopic (exact) mass is 347 g/mol. The SMILES string of the molecule is Cc1ccc(S(=O)(=O)N[C@H](C)C(=O)NCc2cccnc2)cc1C. The molecule has 0 spiro atoms. The number of sulfonamides is 1. The summed E-state index contributed by atoms with van der Waals surface area (Å²) in [6.45, 7) is 5.56. The maximum atomic E-state index is 12.4. The zero-order valence-electron chi connectivity index (χ0n) is 13.9. The van der Waals surface area contributed by atoms with Crippen LogP contribution in [0.4, 0.5) is 0 Å². The minimum absolute atomic E-state index is 0.150. The summed E-state index contributed by atoms with van der Waals surface area (Å²) in [5.74, 6) is -0.397. The van der Waals surface area contributed by atoms with E-state index in [0.29, 0.717) is 6.54 Å². The predicted molar refractivity (Wildman–Crippen MR) is 91.8 cm³/mol. The van der Waals surface area contributed by atoms with Crippen molar-refractivity contribution in [2.24, 2.45) is 0 Å². The van der Waals surface area contributed by atoms with Gasteiger partial charge in [0, 0.05) is 18.9 Å². The number of benzene rings is 1. The van der Waals surface area contributed by atoms with Crippen LogP contribution in [-0.4, -0.2) is 25.4 Å². The Morgan fingerprint density at radius 1 is 1.21 bits per heavy atom. The Balaban J connectivity index is 2.00. The second kappa shape index (κ2) is 7.55. The number of carbonyl (C=O) groups excluding carboxylic acids is 1. The third-order valence-electron chi connectivity index (χ3n) is 3.70. The summed E-state index contributed by atoms with van der Waals surface area (Å²) in [7, 11) is -3.75. The largest absolute Gasteiger partial charge is 0.351 e. The standard InChI is InChI=1S/C17H21N3O3S/c1-12-6-7-16(9-13(12)2)24(22,23)20-14(3)17(21)19-11-15-5-4-8-18-10-15/h4-10,14,20H,11H2,1-3H3,(H,19,21)/t14-/m1/s1. The Kier molecular flexibility index (Phi) is 5.69. The molecular weight excluding hydrogens is 326 g/mol. The van der Waals surface area contributed by atoms with Gasteiger partial charge in [0.15, 0.2) is 0 Å². The second-order valence-electron chi connectivity index (χ2n) is 5.67. The fraction of sp³-hybridized carbons (Fsp3) is 0.294. The van der Waals surface area contributed by atoms with Gasteiger partial charge in [-0.2, -0.15) is 4.72 Å². The van der Waals surface area contributed by atoms with Crippen LogP contribution in [0, 0.1) is 13.8 Å². The molecular formula is C17H21N3O3S. The van der Waals surface area contributed by atoms with Crippen LogP contribution >= 0.6 is 0 Å². The summed E-state index contributed by atoms with van der Waals surface area (Å²) in [5.41, 5.74) is 2.73. The Morgan fingerprint density at radius 3 is 2.58 bits per heavy atom. The highest BCUT2D eigenvalue weighted by molar-refractivity contribution is 7.89. The van der Waals surface area contributed by atoms with Crippen LogP contribution < -0.4 is 10.0 Å². The molecule has 0 aliphatic rings. The van der Waals surface area contributed by atoms with Crippen LogP contribution in [0.1, 0.15) is 23.6 Å². The molecule has 128 valence electrons. The van der Waals surface area contributed by atoms with Crippen LogP contribution in [0.25, 0.3) is 0 Å². The van der Waals surface area contributed by atoms with Crippen molar-refractivity contribution < 1.29 is 13.2 Å². The number of hydrogen-bond donors (Lipinski definition) is 2. The lowest BCUT2D eigenvalue weighted by atomic mass is 10.1. The Hall–Kier alpha value is -2.25. The number of carbonyl (C=O) groups is 1. The van der Waals surface area contributed by atoms with Gasteiger partial charge in [-0.15, -0.1) is 0 Å².